The van der Waals surface area contributed by atoms with Crippen LogP contribution in [0.15, 0.2) is 72.8 Å². The summed E-state index contributed by atoms with van der Waals surface area (Å²) in [4.78, 5) is 15.0. The lowest BCUT2D eigenvalue weighted by Crippen LogP contribution is -2.26. The van der Waals surface area contributed by atoms with Crippen molar-refractivity contribution in [2.75, 3.05) is 12.4 Å². The highest BCUT2D eigenvalue weighted by molar-refractivity contribution is 5.97. The average Bonchev–Trinajstić information content (AvgIpc) is 3.50. The number of benzene rings is 3. The average molecular weight is 427 g/mol. The number of amides is 1. The fourth-order valence-corrected chi connectivity index (χ4v) is 4.63. The minimum atomic E-state index is -0.135. The molecule has 4 aromatic rings. The number of hydrogen-bond acceptors (Lipinski definition) is 4. The Labute approximate surface area is 187 Å². The summed E-state index contributed by atoms with van der Waals surface area (Å²) < 4.78 is 5.21. The van der Waals surface area contributed by atoms with Crippen LogP contribution in [0, 0.1) is 5.92 Å². The van der Waals surface area contributed by atoms with Crippen LogP contribution in [0.2, 0.25) is 0 Å². The van der Waals surface area contributed by atoms with Gasteiger partial charge in [0.05, 0.1) is 18.7 Å². The van der Waals surface area contributed by atoms with Gasteiger partial charge in [0.25, 0.3) is 0 Å². The molecule has 1 N–H and O–H groups in total. The monoisotopic (exact) mass is 426 g/mol. The fraction of sp³-hybridized carbons (Fsp3) is 0.269. The van der Waals surface area contributed by atoms with E-state index in [-0.39, 0.29) is 11.8 Å². The summed E-state index contributed by atoms with van der Waals surface area (Å²) in [6.07, 6.45) is 4.59. The third-order valence-corrected chi connectivity index (χ3v) is 6.26. The van der Waals surface area contributed by atoms with Gasteiger partial charge >= 0.3 is 0 Å². The van der Waals surface area contributed by atoms with Crippen LogP contribution in [0.1, 0.15) is 37.2 Å². The van der Waals surface area contributed by atoms with Gasteiger partial charge in [0.1, 0.15) is 16.8 Å². The Morgan fingerprint density at radius 3 is 2.41 bits per heavy atom. The Hall–Kier alpha value is -3.67. The number of ether oxygens (including phenoxy) is 1. The van der Waals surface area contributed by atoms with E-state index in [1.54, 1.807) is 11.9 Å². The van der Waals surface area contributed by atoms with Gasteiger partial charge in [-0.15, -0.1) is 10.2 Å². The molecule has 0 bridgehead atoms. The third-order valence-electron chi connectivity index (χ3n) is 6.26. The predicted octanol–water partition coefficient (Wildman–Crippen LogP) is 5.34. The molecule has 6 heteroatoms. The molecule has 1 aliphatic carbocycles. The van der Waals surface area contributed by atoms with Crippen LogP contribution in [0.4, 0.5) is 5.69 Å². The first-order valence-corrected chi connectivity index (χ1v) is 11.1. The molecule has 0 unspecified atom stereocenters. The van der Waals surface area contributed by atoms with Crippen molar-refractivity contribution in [2.24, 2.45) is 5.92 Å². The number of carbonyl (C=O) groups is 1. The maximum absolute atomic E-state index is 13.4. The van der Waals surface area contributed by atoms with Crippen molar-refractivity contribution in [3.8, 4) is 11.4 Å². The van der Waals surface area contributed by atoms with Crippen molar-refractivity contribution in [3.63, 3.8) is 0 Å². The molecular formula is C26H26N4O2. The van der Waals surface area contributed by atoms with E-state index in [0.717, 1.165) is 46.6 Å². The maximum Gasteiger partial charge on any atom is 0.232 e. The lowest BCUT2D eigenvalue weighted by molar-refractivity contribution is -0.118. The molecule has 162 valence electrons. The number of hydrogen-bond donors (Lipinski definition) is 1. The summed E-state index contributed by atoms with van der Waals surface area (Å²) in [5.41, 5.74) is 4.18. The highest BCUT2D eigenvalue weighted by atomic mass is 16.5. The van der Waals surface area contributed by atoms with Gasteiger partial charge in [0.15, 0.2) is 0 Å². The van der Waals surface area contributed by atoms with Crippen LogP contribution in [-0.4, -0.2) is 28.0 Å². The standard InChI is InChI=1S/C26H26N4O2/c1-32-22-14-12-21(13-15-22)30-28-23-16-11-20(17-24(23)29-30)27-26(31)25(19-9-5-6-10-19)18-7-3-2-4-8-18/h2-4,7-8,11-17,19,25H,5-6,9-10H2,1H3,(H,27,31)/t25-/m1/s1. The molecule has 1 amide bonds. The van der Waals surface area contributed by atoms with Gasteiger partial charge in [-0.1, -0.05) is 43.2 Å². The Kier molecular flexibility index (Phi) is 5.58. The number of fused-ring (bicyclic) bond motifs is 1. The number of anilines is 1. The molecule has 1 atom stereocenters. The lowest BCUT2D eigenvalue weighted by Gasteiger charge is -2.23. The van der Waals surface area contributed by atoms with Gasteiger partial charge in [0.2, 0.25) is 5.91 Å². The molecule has 1 aliphatic rings. The second kappa shape index (κ2) is 8.83. The maximum atomic E-state index is 13.4. The first-order valence-electron chi connectivity index (χ1n) is 11.1. The third kappa shape index (κ3) is 4.08. The van der Waals surface area contributed by atoms with Crippen LogP contribution in [0.25, 0.3) is 16.7 Å². The van der Waals surface area contributed by atoms with Crippen molar-refractivity contribution >= 4 is 22.6 Å². The topological polar surface area (TPSA) is 69.0 Å². The second-order valence-electron chi connectivity index (χ2n) is 8.31. The summed E-state index contributed by atoms with van der Waals surface area (Å²) >= 11 is 0. The van der Waals surface area contributed by atoms with Crippen molar-refractivity contribution in [1.82, 2.24) is 15.0 Å². The van der Waals surface area contributed by atoms with Crippen LogP contribution in [0.3, 0.4) is 0 Å². The van der Waals surface area contributed by atoms with Crippen LogP contribution < -0.4 is 10.1 Å². The van der Waals surface area contributed by atoms with Gasteiger partial charge in [0, 0.05) is 5.69 Å². The molecule has 0 saturated heterocycles. The van der Waals surface area contributed by atoms with Crippen LogP contribution >= 0.6 is 0 Å². The zero-order valence-electron chi connectivity index (χ0n) is 18.1. The molecule has 0 spiro atoms. The van der Waals surface area contributed by atoms with Gasteiger partial charge < -0.3 is 10.1 Å². The number of rotatable bonds is 6. The number of methoxy groups -OCH3 is 1. The zero-order chi connectivity index (χ0) is 21.9. The molecular weight excluding hydrogens is 400 g/mol. The minimum Gasteiger partial charge on any atom is -0.497 e. The molecule has 5 rings (SSSR count). The fourth-order valence-electron chi connectivity index (χ4n) is 4.63. The Bertz CT molecular complexity index is 1210. The summed E-state index contributed by atoms with van der Waals surface area (Å²) in [6.45, 7) is 0. The van der Waals surface area contributed by atoms with Crippen molar-refractivity contribution < 1.29 is 9.53 Å². The normalized spacial score (nSPS) is 15.0. The number of nitrogens with zero attached hydrogens (tertiary/aromatic N) is 3. The van der Waals surface area contributed by atoms with E-state index in [0.29, 0.717) is 5.92 Å². The molecule has 1 saturated carbocycles. The first kappa shape index (κ1) is 20.2. The number of nitrogens with one attached hydrogen (secondary N) is 1. The van der Waals surface area contributed by atoms with Gasteiger partial charge in [-0.05, 0) is 66.8 Å². The minimum absolute atomic E-state index is 0.0463. The van der Waals surface area contributed by atoms with Crippen molar-refractivity contribution in [3.05, 3.63) is 78.4 Å². The lowest BCUT2D eigenvalue weighted by atomic mass is 9.84. The SMILES string of the molecule is COc1ccc(-n2nc3ccc(NC(=O)[C@H](c4ccccc4)C4CCCC4)cc3n2)cc1. The van der Waals surface area contributed by atoms with E-state index < -0.39 is 0 Å². The van der Waals surface area contributed by atoms with Crippen LogP contribution in [0.5, 0.6) is 5.75 Å². The summed E-state index contributed by atoms with van der Waals surface area (Å²) in [7, 11) is 1.64. The van der Waals surface area contributed by atoms with E-state index in [1.165, 1.54) is 12.8 Å². The van der Waals surface area contributed by atoms with Gasteiger partial charge in [-0.3, -0.25) is 4.79 Å². The van der Waals surface area contributed by atoms with E-state index in [4.69, 9.17) is 4.74 Å². The predicted molar refractivity (Wildman–Crippen MR) is 125 cm³/mol. The van der Waals surface area contributed by atoms with E-state index in [2.05, 4.69) is 27.6 Å². The molecule has 1 fully saturated rings. The van der Waals surface area contributed by atoms with Gasteiger partial charge in [-0.2, -0.15) is 4.80 Å². The quantitative estimate of drug-likeness (QED) is 0.452. The van der Waals surface area contributed by atoms with E-state index in [9.17, 15) is 4.79 Å². The largest absolute Gasteiger partial charge is 0.497 e. The number of carbonyl (C=O) groups excluding carboxylic acids is 1. The van der Waals surface area contributed by atoms with E-state index >= 15 is 0 Å². The Morgan fingerprint density at radius 1 is 0.969 bits per heavy atom. The molecule has 0 radical (unpaired) electrons. The summed E-state index contributed by atoms with van der Waals surface area (Å²) in [5, 5.41) is 12.3. The zero-order valence-corrected chi connectivity index (χ0v) is 18.1. The summed E-state index contributed by atoms with van der Waals surface area (Å²) in [6, 6.07) is 23.4. The molecule has 6 nitrogen and oxygen atoms in total. The highest BCUT2D eigenvalue weighted by Gasteiger charge is 2.32. The van der Waals surface area contributed by atoms with Gasteiger partial charge in [-0.25, -0.2) is 0 Å². The Morgan fingerprint density at radius 2 is 1.69 bits per heavy atom. The molecule has 1 aromatic heterocycles. The van der Waals surface area contributed by atoms with E-state index in [1.807, 2.05) is 60.7 Å². The second-order valence-corrected chi connectivity index (χ2v) is 8.31. The van der Waals surface area contributed by atoms with Crippen molar-refractivity contribution in [1.29, 1.82) is 0 Å². The van der Waals surface area contributed by atoms with Crippen molar-refractivity contribution in [2.45, 2.75) is 31.6 Å². The first-order chi connectivity index (χ1) is 15.7. The molecule has 3 aromatic carbocycles. The molecule has 32 heavy (non-hydrogen) atoms. The molecule has 0 aliphatic heterocycles. The Balaban J connectivity index is 1.39. The smallest absolute Gasteiger partial charge is 0.232 e. The highest BCUT2D eigenvalue weighted by Crippen LogP contribution is 2.38. The van der Waals surface area contributed by atoms with Crippen LogP contribution in [-0.2, 0) is 4.79 Å². The number of aromatic nitrogens is 3. The molecule has 1 heterocycles. The summed E-state index contributed by atoms with van der Waals surface area (Å²) in [5.74, 6) is 1.08.